The fourth-order valence-corrected chi connectivity index (χ4v) is 2.67. The molecule has 0 fully saturated rings. The lowest BCUT2D eigenvalue weighted by Gasteiger charge is -2.25. The van der Waals surface area contributed by atoms with Crippen molar-refractivity contribution in [2.75, 3.05) is 0 Å². The molecule has 0 amide bonds. The molecule has 1 heteroatoms. The Morgan fingerprint density at radius 1 is 0.895 bits per heavy atom. The van der Waals surface area contributed by atoms with Crippen LogP contribution in [0.2, 0.25) is 0 Å². The van der Waals surface area contributed by atoms with Crippen molar-refractivity contribution in [1.29, 1.82) is 0 Å². The molecule has 1 aromatic carbocycles. The van der Waals surface area contributed by atoms with Gasteiger partial charge in [-0.05, 0) is 24.8 Å². The zero-order valence-electron chi connectivity index (χ0n) is 13.0. The molecule has 0 aliphatic heterocycles. The number of unbranched alkanes of at least 4 members (excludes halogenated alkanes) is 2. The molecule has 0 bridgehead atoms. The zero-order valence-corrected chi connectivity index (χ0v) is 13.0. The van der Waals surface area contributed by atoms with E-state index in [-0.39, 0.29) is 0 Å². The van der Waals surface area contributed by atoms with Crippen LogP contribution in [0, 0.1) is 0 Å². The quantitative estimate of drug-likeness (QED) is 0.550. The average Bonchev–Trinajstić information content (AvgIpc) is 2.46. The summed E-state index contributed by atoms with van der Waals surface area (Å²) >= 11 is 0. The highest BCUT2D eigenvalue weighted by Gasteiger charge is 2.14. The van der Waals surface area contributed by atoms with Gasteiger partial charge in [0.2, 0.25) is 0 Å². The summed E-state index contributed by atoms with van der Waals surface area (Å²) in [4.78, 5) is 0. The maximum Gasteiger partial charge on any atom is 0.0322 e. The Balaban J connectivity index is 2.63. The van der Waals surface area contributed by atoms with Crippen molar-refractivity contribution in [3.8, 4) is 0 Å². The molecule has 19 heavy (non-hydrogen) atoms. The standard InChI is InChI=1S/C18H31N/c1-4-7-9-15-18(16-13-10-8-11-14-16)19-17(6-3)12-5-2/h8,10-11,13-14,17-19H,4-7,9,12,15H2,1-3H3. The molecule has 0 radical (unpaired) electrons. The Bertz CT molecular complexity index is 307. The third kappa shape index (κ3) is 6.24. The van der Waals surface area contributed by atoms with Crippen molar-refractivity contribution >= 4 is 0 Å². The van der Waals surface area contributed by atoms with Crippen molar-refractivity contribution in [2.24, 2.45) is 0 Å². The van der Waals surface area contributed by atoms with Crippen LogP contribution in [0.15, 0.2) is 30.3 Å². The van der Waals surface area contributed by atoms with Crippen LogP contribution in [-0.2, 0) is 0 Å². The molecular weight excluding hydrogens is 230 g/mol. The zero-order chi connectivity index (χ0) is 13.9. The monoisotopic (exact) mass is 261 g/mol. The topological polar surface area (TPSA) is 12.0 Å². The largest absolute Gasteiger partial charge is 0.307 e. The Kier molecular flexibility index (Phi) is 8.57. The van der Waals surface area contributed by atoms with Gasteiger partial charge >= 0.3 is 0 Å². The fourth-order valence-electron chi connectivity index (χ4n) is 2.67. The molecule has 2 unspecified atom stereocenters. The summed E-state index contributed by atoms with van der Waals surface area (Å²) in [7, 11) is 0. The molecule has 0 aliphatic rings. The van der Waals surface area contributed by atoms with Gasteiger partial charge in [-0.25, -0.2) is 0 Å². The summed E-state index contributed by atoms with van der Waals surface area (Å²) in [6.07, 6.45) is 9.01. The molecule has 0 aliphatic carbocycles. The molecule has 0 saturated carbocycles. The molecule has 1 N–H and O–H groups in total. The number of hydrogen-bond donors (Lipinski definition) is 1. The smallest absolute Gasteiger partial charge is 0.0322 e. The maximum atomic E-state index is 3.88. The van der Waals surface area contributed by atoms with Gasteiger partial charge in [0.25, 0.3) is 0 Å². The third-order valence-corrected chi connectivity index (χ3v) is 3.87. The lowest BCUT2D eigenvalue weighted by Crippen LogP contribution is -2.32. The Morgan fingerprint density at radius 2 is 1.63 bits per heavy atom. The lowest BCUT2D eigenvalue weighted by atomic mass is 9.98. The second-order valence-electron chi connectivity index (χ2n) is 5.52. The molecule has 1 aromatic rings. The van der Waals surface area contributed by atoms with Gasteiger partial charge in [0.1, 0.15) is 0 Å². The summed E-state index contributed by atoms with van der Waals surface area (Å²) in [5, 5.41) is 3.88. The Hall–Kier alpha value is -0.820. The van der Waals surface area contributed by atoms with Crippen molar-refractivity contribution in [1.82, 2.24) is 5.32 Å². The van der Waals surface area contributed by atoms with E-state index in [1.165, 1.54) is 50.5 Å². The number of nitrogens with one attached hydrogen (secondary N) is 1. The number of rotatable bonds is 10. The molecule has 2 atom stereocenters. The predicted octanol–water partition coefficient (Wildman–Crippen LogP) is 5.48. The van der Waals surface area contributed by atoms with E-state index < -0.39 is 0 Å². The lowest BCUT2D eigenvalue weighted by molar-refractivity contribution is 0.378. The molecule has 0 spiro atoms. The van der Waals surface area contributed by atoms with Crippen LogP contribution in [0.3, 0.4) is 0 Å². The van der Waals surface area contributed by atoms with Crippen LogP contribution in [-0.4, -0.2) is 6.04 Å². The van der Waals surface area contributed by atoms with Gasteiger partial charge in [-0.3, -0.25) is 0 Å². The second-order valence-corrected chi connectivity index (χ2v) is 5.52. The van der Waals surface area contributed by atoms with Crippen molar-refractivity contribution < 1.29 is 0 Å². The molecule has 1 nitrogen and oxygen atoms in total. The normalized spacial score (nSPS) is 14.3. The maximum absolute atomic E-state index is 3.88. The molecule has 0 aromatic heterocycles. The predicted molar refractivity (Wildman–Crippen MR) is 85.4 cm³/mol. The second kappa shape index (κ2) is 10.0. The van der Waals surface area contributed by atoms with E-state index in [4.69, 9.17) is 0 Å². The van der Waals surface area contributed by atoms with Gasteiger partial charge in [-0.15, -0.1) is 0 Å². The van der Waals surface area contributed by atoms with Gasteiger partial charge in [0.05, 0.1) is 0 Å². The molecule has 1 rings (SSSR count). The van der Waals surface area contributed by atoms with E-state index in [9.17, 15) is 0 Å². The van der Waals surface area contributed by atoms with Crippen LogP contribution < -0.4 is 5.32 Å². The molecule has 108 valence electrons. The Labute approximate surface area is 119 Å². The van der Waals surface area contributed by atoms with Crippen LogP contribution in [0.1, 0.15) is 77.3 Å². The summed E-state index contributed by atoms with van der Waals surface area (Å²) in [5.41, 5.74) is 1.45. The van der Waals surface area contributed by atoms with Gasteiger partial charge in [-0.1, -0.05) is 76.8 Å². The first-order valence-corrected chi connectivity index (χ1v) is 8.12. The van der Waals surface area contributed by atoms with Crippen LogP contribution in [0.4, 0.5) is 0 Å². The number of hydrogen-bond acceptors (Lipinski definition) is 1. The van der Waals surface area contributed by atoms with E-state index in [0.717, 1.165) is 0 Å². The van der Waals surface area contributed by atoms with Crippen molar-refractivity contribution in [2.45, 2.75) is 77.8 Å². The van der Waals surface area contributed by atoms with Gasteiger partial charge < -0.3 is 5.32 Å². The highest BCUT2D eigenvalue weighted by atomic mass is 14.9. The van der Waals surface area contributed by atoms with Gasteiger partial charge in [0.15, 0.2) is 0 Å². The number of benzene rings is 1. The highest BCUT2D eigenvalue weighted by molar-refractivity contribution is 5.19. The highest BCUT2D eigenvalue weighted by Crippen LogP contribution is 2.21. The van der Waals surface area contributed by atoms with Crippen LogP contribution >= 0.6 is 0 Å². The fraction of sp³-hybridized carbons (Fsp3) is 0.667. The Morgan fingerprint density at radius 3 is 2.21 bits per heavy atom. The minimum absolute atomic E-state index is 0.532. The summed E-state index contributed by atoms with van der Waals surface area (Å²) in [5.74, 6) is 0. The summed E-state index contributed by atoms with van der Waals surface area (Å²) < 4.78 is 0. The first kappa shape index (κ1) is 16.2. The van der Waals surface area contributed by atoms with E-state index in [0.29, 0.717) is 12.1 Å². The van der Waals surface area contributed by atoms with Gasteiger partial charge in [-0.2, -0.15) is 0 Å². The third-order valence-electron chi connectivity index (χ3n) is 3.87. The summed E-state index contributed by atoms with van der Waals surface area (Å²) in [6.45, 7) is 6.84. The van der Waals surface area contributed by atoms with Gasteiger partial charge in [0, 0.05) is 12.1 Å². The first-order valence-electron chi connectivity index (χ1n) is 8.12. The van der Waals surface area contributed by atoms with E-state index in [1.54, 1.807) is 0 Å². The first-order chi connectivity index (χ1) is 9.31. The van der Waals surface area contributed by atoms with Crippen molar-refractivity contribution in [3.05, 3.63) is 35.9 Å². The van der Waals surface area contributed by atoms with Crippen LogP contribution in [0.25, 0.3) is 0 Å². The SMILES string of the molecule is CCCCCC(NC(CC)CCC)c1ccccc1. The minimum Gasteiger partial charge on any atom is -0.307 e. The van der Waals surface area contributed by atoms with Crippen LogP contribution in [0.5, 0.6) is 0 Å². The van der Waals surface area contributed by atoms with Crippen molar-refractivity contribution in [3.63, 3.8) is 0 Å². The van der Waals surface area contributed by atoms with E-state index >= 15 is 0 Å². The summed E-state index contributed by atoms with van der Waals surface area (Å²) in [6, 6.07) is 12.1. The molecule has 0 heterocycles. The van der Waals surface area contributed by atoms with E-state index in [1.807, 2.05) is 0 Å². The van der Waals surface area contributed by atoms with E-state index in [2.05, 4.69) is 56.4 Å². The average molecular weight is 261 g/mol. The molecular formula is C18H31N. The minimum atomic E-state index is 0.532. The molecule has 0 saturated heterocycles.